The monoisotopic (exact) mass is 506 g/mol. The molecule has 0 saturated heterocycles. The molecule has 7 rings (SSSR count). The summed E-state index contributed by atoms with van der Waals surface area (Å²) in [6, 6.07) is 37.1. The number of hydrogen-bond donors (Lipinski definition) is 0. The minimum atomic E-state index is -0.00681. The summed E-state index contributed by atoms with van der Waals surface area (Å²) in [6.45, 7) is 9.13. The highest BCUT2D eigenvalue weighted by molar-refractivity contribution is 6.10. The van der Waals surface area contributed by atoms with Crippen molar-refractivity contribution in [2.75, 3.05) is 0 Å². The Bertz CT molecular complexity index is 2020. The molecular formula is C36H32N3+. The van der Waals surface area contributed by atoms with Crippen molar-refractivity contribution in [1.29, 1.82) is 0 Å². The SMILES string of the molecule is Cc1c(-c2nc(-n3c4ccccc4c4ccccc43)c3ccccc3[n+]2C)cc(C(C)(C)C)c2ccccc12. The van der Waals surface area contributed by atoms with Crippen LogP contribution in [0.3, 0.4) is 0 Å². The predicted molar refractivity (Wildman–Crippen MR) is 164 cm³/mol. The second kappa shape index (κ2) is 8.51. The molecule has 39 heavy (non-hydrogen) atoms. The molecule has 0 fully saturated rings. The number of rotatable bonds is 2. The zero-order chi connectivity index (χ0) is 26.9. The molecule has 0 aliphatic rings. The predicted octanol–water partition coefficient (Wildman–Crippen LogP) is 8.58. The van der Waals surface area contributed by atoms with E-state index < -0.39 is 0 Å². The molecule has 0 amide bonds. The van der Waals surface area contributed by atoms with Crippen LogP contribution in [0.15, 0.2) is 103 Å². The van der Waals surface area contributed by atoms with Gasteiger partial charge < -0.3 is 0 Å². The Labute approximate surface area is 229 Å². The standard InChI is InChI=1S/C36H32N3/c1-23-24-14-6-7-15-25(24)30(36(2,3)4)22-29(23)34-37-35(28-18-10-11-19-31(28)38(34)5)39-32-20-12-8-16-26(32)27-17-9-13-21-33(27)39/h6-22H,1-5H3/q+1. The largest absolute Gasteiger partial charge is 0.333 e. The van der Waals surface area contributed by atoms with E-state index in [4.69, 9.17) is 4.98 Å². The van der Waals surface area contributed by atoms with Crippen molar-refractivity contribution in [1.82, 2.24) is 9.55 Å². The van der Waals surface area contributed by atoms with Crippen LogP contribution >= 0.6 is 0 Å². The first-order chi connectivity index (χ1) is 18.8. The highest BCUT2D eigenvalue weighted by Crippen LogP contribution is 2.38. The second-order valence-electron chi connectivity index (χ2n) is 11.6. The first kappa shape index (κ1) is 23.6. The van der Waals surface area contributed by atoms with E-state index in [-0.39, 0.29) is 5.41 Å². The first-order valence-corrected chi connectivity index (χ1v) is 13.6. The summed E-state index contributed by atoms with van der Waals surface area (Å²) in [5.41, 5.74) is 7.26. The van der Waals surface area contributed by atoms with Crippen LogP contribution in [0.4, 0.5) is 0 Å². The van der Waals surface area contributed by atoms with Crippen LogP contribution in [0.5, 0.6) is 0 Å². The average Bonchev–Trinajstić information content (AvgIpc) is 3.28. The summed E-state index contributed by atoms with van der Waals surface area (Å²) >= 11 is 0. The summed E-state index contributed by atoms with van der Waals surface area (Å²) in [4.78, 5) is 5.53. The van der Waals surface area contributed by atoms with Gasteiger partial charge in [0.25, 0.3) is 5.82 Å². The second-order valence-corrected chi connectivity index (χ2v) is 11.6. The lowest BCUT2D eigenvalue weighted by Crippen LogP contribution is -2.34. The molecule has 0 bridgehead atoms. The molecule has 5 aromatic carbocycles. The third kappa shape index (κ3) is 3.50. The van der Waals surface area contributed by atoms with Crippen molar-refractivity contribution in [2.24, 2.45) is 7.05 Å². The normalized spacial score (nSPS) is 12.2. The zero-order valence-electron chi connectivity index (χ0n) is 23.2. The molecule has 0 aliphatic carbocycles. The summed E-state index contributed by atoms with van der Waals surface area (Å²) < 4.78 is 4.60. The van der Waals surface area contributed by atoms with Crippen molar-refractivity contribution in [3.8, 4) is 17.2 Å². The lowest BCUT2D eigenvalue weighted by atomic mass is 9.81. The van der Waals surface area contributed by atoms with Crippen LogP contribution in [-0.2, 0) is 12.5 Å². The van der Waals surface area contributed by atoms with Gasteiger partial charge in [0, 0.05) is 10.8 Å². The van der Waals surface area contributed by atoms with Crippen LogP contribution in [0.1, 0.15) is 31.9 Å². The fraction of sp³-hybridized carbons (Fsp3) is 0.167. The van der Waals surface area contributed by atoms with Gasteiger partial charge in [-0.05, 0) is 69.6 Å². The molecule has 2 heterocycles. The number of aryl methyl sites for hydroxylation is 2. The minimum absolute atomic E-state index is 0.00681. The molecular weight excluding hydrogens is 474 g/mol. The Hall–Kier alpha value is -4.50. The first-order valence-electron chi connectivity index (χ1n) is 13.6. The van der Waals surface area contributed by atoms with Crippen LogP contribution in [0, 0.1) is 6.92 Å². The highest BCUT2D eigenvalue weighted by atomic mass is 15.1. The summed E-state index contributed by atoms with van der Waals surface area (Å²) in [6.07, 6.45) is 0. The number of fused-ring (bicyclic) bond motifs is 5. The highest BCUT2D eigenvalue weighted by Gasteiger charge is 2.28. The lowest BCUT2D eigenvalue weighted by Gasteiger charge is -2.23. The molecule has 0 aliphatic heterocycles. The van der Waals surface area contributed by atoms with E-state index >= 15 is 0 Å². The van der Waals surface area contributed by atoms with E-state index in [1.54, 1.807) is 0 Å². The van der Waals surface area contributed by atoms with Crippen molar-refractivity contribution in [2.45, 2.75) is 33.1 Å². The Morgan fingerprint density at radius 1 is 0.641 bits per heavy atom. The van der Waals surface area contributed by atoms with E-state index in [0.717, 1.165) is 22.5 Å². The van der Waals surface area contributed by atoms with Gasteiger partial charge in [-0.1, -0.05) is 93.6 Å². The van der Waals surface area contributed by atoms with Gasteiger partial charge in [-0.3, -0.25) is 4.57 Å². The summed E-state index contributed by atoms with van der Waals surface area (Å²) in [7, 11) is 2.14. The number of para-hydroxylation sites is 3. The van der Waals surface area contributed by atoms with Crippen LogP contribution < -0.4 is 4.57 Å². The Morgan fingerprint density at radius 3 is 1.77 bits per heavy atom. The van der Waals surface area contributed by atoms with E-state index in [0.29, 0.717) is 0 Å². The molecule has 2 aromatic heterocycles. The summed E-state index contributed by atoms with van der Waals surface area (Å²) in [5.74, 6) is 1.93. The number of nitrogens with zero attached hydrogens (tertiary/aromatic N) is 3. The van der Waals surface area contributed by atoms with Gasteiger partial charge in [0.2, 0.25) is 0 Å². The number of benzene rings is 5. The van der Waals surface area contributed by atoms with Crippen LogP contribution in [0.2, 0.25) is 0 Å². The van der Waals surface area contributed by atoms with Gasteiger partial charge in [0.05, 0.1) is 29.0 Å². The molecule has 3 heteroatoms. The number of hydrogen-bond acceptors (Lipinski definition) is 1. The maximum absolute atomic E-state index is 5.53. The van der Waals surface area contributed by atoms with Gasteiger partial charge in [0.15, 0.2) is 0 Å². The third-order valence-electron chi connectivity index (χ3n) is 8.19. The van der Waals surface area contributed by atoms with Gasteiger partial charge in [-0.2, -0.15) is 0 Å². The Kier molecular flexibility index (Phi) is 5.15. The fourth-order valence-electron chi connectivity index (χ4n) is 6.24. The molecule has 0 atom stereocenters. The molecule has 3 nitrogen and oxygen atoms in total. The van der Waals surface area contributed by atoms with Gasteiger partial charge in [0.1, 0.15) is 5.52 Å². The van der Waals surface area contributed by atoms with E-state index in [1.807, 2.05) is 0 Å². The molecule has 0 radical (unpaired) electrons. The van der Waals surface area contributed by atoms with Gasteiger partial charge in [-0.15, -0.1) is 0 Å². The Morgan fingerprint density at radius 2 is 1.15 bits per heavy atom. The molecule has 0 saturated carbocycles. The maximum atomic E-state index is 5.53. The summed E-state index contributed by atoms with van der Waals surface area (Å²) in [5, 5.41) is 6.21. The quantitative estimate of drug-likeness (QED) is 0.215. The lowest BCUT2D eigenvalue weighted by molar-refractivity contribution is -0.636. The van der Waals surface area contributed by atoms with Crippen LogP contribution in [0.25, 0.3) is 60.7 Å². The molecule has 7 aromatic rings. The van der Waals surface area contributed by atoms with Crippen molar-refractivity contribution in [3.63, 3.8) is 0 Å². The van der Waals surface area contributed by atoms with Crippen LogP contribution in [-0.4, -0.2) is 9.55 Å². The van der Waals surface area contributed by atoms with Crippen molar-refractivity contribution in [3.05, 3.63) is 114 Å². The van der Waals surface area contributed by atoms with E-state index in [2.05, 4.69) is 147 Å². The molecule has 0 N–H and O–H groups in total. The molecule has 190 valence electrons. The van der Waals surface area contributed by atoms with E-state index in [9.17, 15) is 0 Å². The average molecular weight is 507 g/mol. The topological polar surface area (TPSA) is 21.7 Å². The Balaban J connectivity index is 1.64. The van der Waals surface area contributed by atoms with Gasteiger partial charge in [-0.25, -0.2) is 4.57 Å². The molecule has 0 spiro atoms. The zero-order valence-corrected chi connectivity index (χ0v) is 23.2. The fourth-order valence-corrected chi connectivity index (χ4v) is 6.24. The maximum Gasteiger partial charge on any atom is 0.333 e. The van der Waals surface area contributed by atoms with Crippen molar-refractivity contribution >= 4 is 43.5 Å². The minimum Gasteiger partial charge on any atom is -0.272 e. The van der Waals surface area contributed by atoms with E-state index in [1.165, 1.54) is 49.3 Å². The third-order valence-corrected chi connectivity index (χ3v) is 8.19. The van der Waals surface area contributed by atoms with Gasteiger partial charge >= 0.3 is 5.82 Å². The smallest absolute Gasteiger partial charge is 0.272 e. The van der Waals surface area contributed by atoms with Crippen molar-refractivity contribution < 1.29 is 4.57 Å². The molecule has 0 unspecified atom stereocenters. The number of aromatic nitrogens is 3.